The van der Waals surface area contributed by atoms with Crippen LogP contribution in [0.5, 0.6) is 0 Å². The first-order valence-electron chi connectivity index (χ1n) is 6.99. The molecule has 0 aromatic heterocycles. The molecule has 0 saturated heterocycles. The molecular formula is C16H21NO3S. The van der Waals surface area contributed by atoms with Gasteiger partial charge in [-0.15, -0.1) is 0 Å². The topological polar surface area (TPSA) is 66.4 Å². The Morgan fingerprint density at radius 2 is 2.10 bits per heavy atom. The zero-order valence-corrected chi connectivity index (χ0v) is 13.4. The van der Waals surface area contributed by atoms with Crippen molar-refractivity contribution < 1.29 is 13.5 Å². The predicted octanol–water partition coefficient (Wildman–Crippen LogP) is 1.81. The number of hydrogen-bond donors (Lipinski definition) is 2. The third-order valence-electron chi connectivity index (χ3n) is 3.78. The van der Waals surface area contributed by atoms with Gasteiger partial charge in [-0.1, -0.05) is 25.7 Å². The monoisotopic (exact) mass is 307 g/mol. The van der Waals surface area contributed by atoms with Crippen LogP contribution >= 0.6 is 0 Å². The lowest BCUT2D eigenvalue weighted by Crippen LogP contribution is -2.28. The highest BCUT2D eigenvalue weighted by Gasteiger charge is 2.47. The lowest BCUT2D eigenvalue weighted by Gasteiger charge is -2.09. The zero-order chi connectivity index (χ0) is 15.7. The molecule has 2 N–H and O–H groups in total. The summed E-state index contributed by atoms with van der Waals surface area (Å²) in [7, 11) is -3.47. The molecule has 21 heavy (non-hydrogen) atoms. The second kappa shape index (κ2) is 5.80. The predicted molar refractivity (Wildman–Crippen MR) is 82.3 cm³/mol. The van der Waals surface area contributed by atoms with E-state index in [2.05, 4.69) is 16.6 Å². The summed E-state index contributed by atoms with van der Waals surface area (Å²) in [6, 6.07) is 4.95. The van der Waals surface area contributed by atoms with Crippen molar-refractivity contribution in [2.24, 2.45) is 5.41 Å². The van der Waals surface area contributed by atoms with Crippen molar-refractivity contribution in [3.63, 3.8) is 0 Å². The molecule has 1 unspecified atom stereocenters. The fourth-order valence-corrected chi connectivity index (χ4v) is 3.57. The molecule has 1 aliphatic carbocycles. The lowest BCUT2D eigenvalue weighted by atomic mass is 10.1. The molecule has 4 nitrogen and oxygen atoms in total. The van der Waals surface area contributed by atoms with Crippen molar-refractivity contribution in [2.75, 3.05) is 6.61 Å². The maximum Gasteiger partial charge on any atom is 0.240 e. The Morgan fingerprint density at radius 3 is 2.62 bits per heavy atom. The number of sulfonamides is 1. The van der Waals surface area contributed by atoms with Crippen LogP contribution in [-0.2, 0) is 10.0 Å². The molecular weight excluding hydrogens is 286 g/mol. The molecule has 0 heterocycles. The van der Waals surface area contributed by atoms with Gasteiger partial charge in [-0.3, -0.25) is 0 Å². The molecule has 1 saturated carbocycles. The highest BCUT2D eigenvalue weighted by Crippen LogP contribution is 2.45. The van der Waals surface area contributed by atoms with Gasteiger partial charge in [0, 0.05) is 18.0 Å². The fraction of sp³-hybridized carbons (Fsp3) is 0.500. The van der Waals surface area contributed by atoms with Crippen LogP contribution in [0.1, 0.15) is 37.8 Å². The van der Waals surface area contributed by atoms with Crippen molar-refractivity contribution in [3.05, 3.63) is 29.3 Å². The first-order chi connectivity index (χ1) is 9.76. The Balaban J connectivity index is 2.18. The number of hydrogen-bond acceptors (Lipinski definition) is 3. The minimum atomic E-state index is -3.47. The van der Waals surface area contributed by atoms with Crippen LogP contribution in [-0.4, -0.2) is 26.2 Å². The van der Waals surface area contributed by atoms with Gasteiger partial charge in [0.25, 0.3) is 0 Å². The smallest absolute Gasteiger partial charge is 0.240 e. The summed E-state index contributed by atoms with van der Waals surface area (Å²) in [6.07, 6.45) is 1.29. The van der Waals surface area contributed by atoms with Crippen molar-refractivity contribution in [3.8, 4) is 11.8 Å². The van der Waals surface area contributed by atoms with Crippen molar-refractivity contribution >= 4 is 10.0 Å². The number of aliphatic hydroxyl groups is 1. The van der Waals surface area contributed by atoms with E-state index < -0.39 is 10.0 Å². The molecule has 0 aliphatic heterocycles. The summed E-state index contributed by atoms with van der Waals surface area (Å²) in [5.74, 6) is 5.77. The summed E-state index contributed by atoms with van der Waals surface area (Å²) in [6.45, 7) is 5.96. The average Bonchev–Trinajstić information content (AvgIpc) is 2.97. The summed E-state index contributed by atoms with van der Waals surface area (Å²) in [5, 5.41) is 8.71. The van der Waals surface area contributed by atoms with Crippen molar-refractivity contribution in [2.45, 2.75) is 44.6 Å². The largest absolute Gasteiger partial charge is 0.395 e. The van der Waals surface area contributed by atoms with E-state index in [0.717, 1.165) is 17.5 Å². The molecule has 1 atom stereocenters. The Labute approximate surface area is 126 Å². The van der Waals surface area contributed by atoms with Gasteiger partial charge in [-0.25, -0.2) is 13.1 Å². The van der Waals surface area contributed by atoms with E-state index in [0.29, 0.717) is 6.42 Å². The highest BCUT2D eigenvalue weighted by molar-refractivity contribution is 7.89. The number of aliphatic hydroxyl groups excluding tert-OH is 1. The Bertz CT molecular complexity index is 696. The molecule has 1 aromatic rings. The molecule has 0 bridgehead atoms. The van der Waals surface area contributed by atoms with Gasteiger partial charge in [-0.05, 0) is 42.5 Å². The summed E-state index contributed by atoms with van der Waals surface area (Å²) < 4.78 is 27.4. The van der Waals surface area contributed by atoms with Gasteiger partial charge < -0.3 is 5.11 Å². The van der Waals surface area contributed by atoms with Gasteiger partial charge in [0.05, 0.1) is 11.5 Å². The number of aryl methyl sites for hydroxylation is 1. The maximum atomic E-state index is 12.3. The van der Waals surface area contributed by atoms with Crippen LogP contribution in [0.25, 0.3) is 0 Å². The molecule has 0 amide bonds. The van der Waals surface area contributed by atoms with E-state index in [9.17, 15) is 8.42 Å². The Hall–Kier alpha value is -1.35. The standard InChI is InChI=1S/C16H21NO3S/c1-12-10-14(8-7-13(12)6-4-5-9-18)21(19,20)17-15-11-16(15,2)3/h7-8,10,15,17-18H,5,9,11H2,1-3H3. The van der Waals surface area contributed by atoms with Crippen LogP contribution in [0.2, 0.25) is 0 Å². The molecule has 1 aliphatic rings. The third kappa shape index (κ3) is 3.85. The molecule has 1 aromatic carbocycles. The molecule has 0 spiro atoms. The number of nitrogens with one attached hydrogen (secondary N) is 1. The van der Waals surface area contributed by atoms with E-state index in [1.807, 2.05) is 20.8 Å². The quantitative estimate of drug-likeness (QED) is 0.834. The van der Waals surface area contributed by atoms with Crippen molar-refractivity contribution in [1.82, 2.24) is 4.72 Å². The van der Waals surface area contributed by atoms with Gasteiger partial charge in [0.2, 0.25) is 10.0 Å². The Kier molecular flexibility index (Phi) is 4.43. The van der Waals surface area contributed by atoms with Crippen LogP contribution in [0.3, 0.4) is 0 Å². The molecule has 0 radical (unpaired) electrons. The van der Waals surface area contributed by atoms with Gasteiger partial charge in [0.1, 0.15) is 0 Å². The third-order valence-corrected chi connectivity index (χ3v) is 5.25. The zero-order valence-electron chi connectivity index (χ0n) is 12.6. The second-order valence-corrected chi connectivity index (χ2v) is 7.83. The van der Waals surface area contributed by atoms with Crippen LogP contribution in [0.4, 0.5) is 0 Å². The van der Waals surface area contributed by atoms with Gasteiger partial charge >= 0.3 is 0 Å². The SMILES string of the molecule is Cc1cc(S(=O)(=O)NC2CC2(C)C)ccc1C#CCCO. The number of benzene rings is 1. The van der Waals surface area contributed by atoms with Crippen LogP contribution < -0.4 is 4.72 Å². The first-order valence-corrected chi connectivity index (χ1v) is 8.47. The maximum absolute atomic E-state index is 12.3. The minimum Gasteiger partial charge on any atom is -0.395 e. The minimum absolute atomic E-state index is 0.0202. The molecule has 2 rings (SSSR count). The fourth-order valence-electron chi connectivity index (χ4n) is 2.08. The number of rotatable bonds is 4. The highest BCUT2D eigenvalue weighted by atomic mass is 32.2. The summed E-state index contributed by atoms with van der Waals surface area (Å²) >= 11 is 0. The first kappa shape index (κ1) is 16.0. The van der Waals surface area contributed by atoms with E-state index in [1.165, 1.54) is 0 Å². The lowest BCUT2D eigenvalue weighted by molar-refractivity contribution is 0.305. The summed E-state index contributed by atoms with van der Waals surface area (Å²) in [4.78, 5) is 0.274. The molecule has 114 valence electrons. The normalized spacial score (nSPS) is 19.7. The van der Waals surface area contributed by atoms with Crippen LogP contribution in [0.15, 0.2) is 23.1 Å². The molecule has 5 heteroatoms. The second-order valence-electron chi connectivity index (χ2n) is 6.12. The average molecular weight is 307 g/mol. The van der Waals surface area contributed by atoms with E-state index >= 15 is 0 Å². The van der Waals surface area contributed by atoms with Crippen molar-refractivity contribution in [1.29, 1.82) is 0 Å². The van der Waals surface area contributed by atoms with E-state index in [-0.39, 0.29) is 23.0 Å². The Morgan fingerprint density at radius 1 is 1.43 bits per heavy atom. The summed E-state index contributed by atoms with van der Waals surface area (Å²) in [5.41, 5.74) is 1.66. The van der Waals surface area contributed by atoms with Gasteiger partial charge in [-0.2, -0.15) is 0 Å². The van der Waals surface area contributed by atoms with E-state index in [4.69, 9.17) is 5.11 Å². The van der Waals surface area contributed by atoms with Gasteiger partial charge in [0.15, 0.2) is 0 Å². The van der Waals surface area contributed by atoms with Crippen LogP contribution in [0, 0.1) is 24.2 Å². The molecule has 1 fully saturated rings. The van der Waals surface area contributed by atoms with E-state index in [1.54, 1.807) is 18.2 Å².